The average Bonchev–Trinajstić information content (AvgIpc) is 3.34. The number of fused-ring (bicyclic) bond motifs is 3. The fourth-order valence-electron chi connectivity index (χ4n) is 3.50. The number of hydrogen-bond acceptors (Lipinski definition) is 7. The second-order valence-corrected chi connectivity index (χ2v) is 8.27. The largest absolute Gasteiger partial charge is 0.497 e. The number of rotatable bonds is 5. The minimum absolute atomic E-state index is 0.144. The van der Waals surface area contributed by atoms with Gasteiger partial charge < -0.3 is 14.8 Å². The van der Waals surface area contributed by atoms with Gasteiger partial charge in [0.2, 0.25) is 5.95 Å². The Hall–Kier alpha value is -3.30. The van der Waals surface area contributed by atoms with Crippen molar-refractivity contribution in [3.8, 4) is 17.0 Å². The number of anilines is 2. The quantitative estimate of drug-likeness (QED) is 0.446. The standard InChI is InChI=1S/C22H20FN5O2S/c1-13-20-16(11-28(27-20)10-14-6-8-15(29-2)9-7-14)21-17(12-30-13)31-22(26-21)25-19-5-3-4-18(23)24-19/h3-9,11,13H,10,12H2,1-2H3,(H,24,25,26). The molecule has 4 heterocycles. The van der Waals surface area contributed by atoms with Gasteiger partial charge in [0.05, 0.1) is 36.9 Å². The highest BCUT2D eigenvalue weighted by atomic mass is 32.1. The van der Waals surface area contributed by atoms with Crippen LogP contribution in [-0.2, 0) is 17.9 Å². The van der Waals surface area contributed by atoms with Crippen molar-refractivity contribution < 1.29 is 13.9 Å². The number of ether oxygens (including phenoxy) is 2. The first kappa shape index (κ1) is 19.7. The number of thiazole rings is 1. The number of hydrogen-bond donors (Lipinski definition) is 1. The fraction of sp³-hybridized carbons (Fsp3) is 0.227. The first-order valence-corrected chi connectivity index (χ1v) is 10.6. The van der Waals surface area contributed by atoms with Gasteiger partial charge in [0.25, 0.3) is 0 Å². The van der Waals surface area contributed by atoms with E-state index in [0.717, 1.165) is 33.1 Å². The predicted molar refractivity (Wildman–Crippen MR) is 116 cm³/mol. The van der Waals surface area contributed by atoms with Gasteiger partial charge in [-0.3, -0.25) is 4.68 Å². The number of halogens is 1. The summed E-state index contributed by atoms with van der Waals surface area (Å²) in [4.78, 5) is 9.59. The van der Waals surface area contributed by atoms with Crippen LogP contribution in [0.2, 0.25) is 0 Å². The van der Waals surface area contributed by atoms with Gasteiger partial charge in [0.1, 0.15) is 17.3 Å². The van der Waals surface area contributed by atoms with E-state index < -0.39 is 5.95 Å². The maximum absolute atomic E-state index is 13.4. The lowest BCUT2D eigenvalue weighted by Crippen LogP contribution is -2.04. The van der Waals surface area contributed by atoms with Crippen molar-refractivity contribution in [1.29, 1.82) is 0 Å². The van der Waals surface area contributed by atoms with Crippen molar-refractivity contribution in [2.24, 2.45) is 0 Å². The molecular weight excluding hydrogens is 417 g/mol. The third-order valence-electron chi connectivity index (χ3n) is 5.05. The highest BCUT2D eigenvalue weighted by Crippen LogP contribution is 2.40. The zero-order valence-corrected chi connectivity index (χ0v) is 17.8. The van der Waals surface area contributed by atoms with Crippen LogP contribution in [0, 0.1) is 5.95 Å². The Balaban J connectivity index is 1.45. The van der Waals surface area contributed by atoms with Gasteiger partial charge in [0, 0.05) is 11.8 Å². The van der Waals surface area contributed by atoms with E-state index >= 15 is 0 Å². The number of benzene rings is 1. The summed E-state index contributed by atoms with van der Waals surface area (Å²) in [5.74, 6) is 0.693. The Morgan fingerprint density at radius 3 is 2.84 bits per heavy atom. The van der Waals surface area contributed by atoms with Gasteiger partial charge in [-0.2, -0.15) is 9.49 Å². The summed E-state index contributed by atoms with van der Waals surface area (Å²) in [5, 5.41) is 8.49. The Morgan fingerprint density at radius 1 is 1.23 bits per heavy atom. The normalized spacial score (nSPS) is 15.1. The lowest BCUT2D eigenvalue weighted by Gasteiger charge is -2.08. The SMILES string of the molecule is COc1ccc(Cn2cc3c(n2)C(C)OCc2sc(Nc4cccc(F)n4)nc2-3)cc1. The minimum Gasteiger partial charge on any atom is -0.497 e. The zero-order valence-electron chi connectivity index (χ0n) is 17.0. The molecule has 3 aromatic heterocycles. The summed E-state index contributed by atoms with van der Waals surface area (Å²) in [6.45, 7) is 3.07. The van der Waals surface area contributed by atoms with E-state index in [2.05, 4.69) is 10.3 Å². The number of nitrogens with one attached hydrogen (secondary N) is 1. The van der Waals surface area contributed by atoms with Gasteiger partial charge in [0.15, 0.2) is 5.13 Å². The third kappa shape index (κ3) is 4.01. The van der Waals surface area contributed by atoms with Crippen molar-refractivity contribution in [3.63, 3.8) is 0 Å². The Bertz CT molecular complexity index is 1220. The van der Waals surface area contributed by atoms with Crippen LogP contribution in [0.1, 0.15) is 29.2 Å². The number of nitrogens with zero attached hydrogens (tertiary/aromatic N) is 4. The molecule has 1 aromatic carbocycles. The first-order chi connectivity index (χ1) is 15.1. The molecule has 0 saturated heterocycles. The zero-order chi connectivity index (χ0) is 21.4. The molecule has 1 atom stereocenters. The van der Waals surface area contributed by atoms with Crippen LogP contribution in [0.4, 0.5) is 15.3 Å². The van der Waals surface area contributed by atoms with Gasteiger partial charge in [-0.05, 0) is 36.8 Å². The molecule has 0 fully saturated rings. The molecule has 0 radical (unpaired) electrons. The van der Waals surface area contributed by atoms with Crippen LogP contribution < -0.4 is 10.1 Å². The van der Waals surface area contributed by atoms with Crippen LogP contribution in [0.25, 0.3) is 11.3 Å². The molecule has 0 spiro atoms. The molecule has 0 amide bonds. The third-order valence-corrected chi connectivity index (χ3v) is 5.99. The Morgan fingerprint density at radius 2 is 2.06 bits per heavy atom. The van der Waals surface area contributed by atoms with Crippen molar-refractivity contribution in [1.82, 2.24) is 19.7 Å². The van der Waals surface area contributed by atoms with Crippen molar-refractivity contribution in [2.45, 2.75) is 26.2 Å². The van der Waals surface area contributed by atoms with Crippen LogP contribution in [-0.4, -0.2) is 26.9 Å². The molecule has 0 aliphatic carbocycles. The fourth-order valence-corrected chi connectivity index (χ4v) is 4.40. The van der Waals surface area contributed by atoms with Gasteiger partial charge in [-0.1, -0.05) is 29.5 Å². The highest BCUT2D eigenvalue weighted by molar-refractivity contribution is 7.16. The van der Waals surface area contributed by atoms with Crippen LogP contribution in [0.15, 0.2) is 48.7 Å². The van der Waals surface area contributed by atoms with E-state index in [1.165, 1.54) is 17.4 Å². The molecule has 5 rings (SSSR count). The van der Waals surface area contributed by atoms with Crippen molar-refractivity contribution in [3.05, 3.63) is 70.7 Å². The smallest absolute Gasteiger partial charge is 0.214 e. The maximum atomic E-state index is 13.4. The molecular formula is C22H20FN5O2S. The molecule has 31 heavy (non-hydrogen) atoms. The summed E-state index contributed by atoms with van der Waals surface area (Å²) < 4.78 is 26.5. The molecule has 1 aliphatic rings. The molecule has 9 heteroatoms. The molecule has 0 saturated carbocycles. The van der Waals surface area contributed by atoms with Crippen LogP contribution in [0.5, 0.6) is 5.75 Å². The maximum Gasteiger partial charge on any atom is 0.214 e. The summed E-state index contributed by atoms with van der Waals surface area (Å²) in [6, 6.07) is 12.5. The van der Waals surface area contributed by atoms with Crippen molar-refractivity contribution >= 4 is 22.3 Å². The number of methoxy groups -OCH3 is 1. The molecule has 4 aromatic rings. The van der Waals surface area contributed by atoms with E-state index in [0.29, 0.717) is 24.1 Å². The lowest BCUT2D eigenvalue weighted by atomic mass is 10.1. The van der Waals surface area contributed by atoms with Gasteiger partial charge in [-0.15, -0.1) is 0 Å². The molecule has 7 nitrogen and oxygen atoms in total. The molecule has 158 valence electrons. The molecule has 1 N–H and O–H groups in total. The first-order valence-electron chi connectivity index (χ1n) is 9.80. The molecule has 1 unspecified atom stereocenters. The minimum atomic E-state index is -0.539. The predicted octanol–water partition coefficient (Wildman–Crippen LogP) is 4.93. The summed E-state index contributed by atoms with van der Waals surface area (Å²) in [7, 11) is 1.65. The molecule has 1 aliphatic heterocycles. The van der Waals surface area contributed by atoms with E-state index in [-0.39, 0.29) is 6.10 Å². The Labute approximate surface area is 182 Å². The summed E-state index contributed by atoms with van der Waals surface area (Å²) in [5.41, 5.74) is 3.76. The van der Waals surface area contributed by atoms with Crippen LogP contribution >= 0.6 is 11.3 Å². The lowest BCUT2D eigenvalue weighted by molar-refractivity contribution is 0.0533. The van der Waals surface area contributed by atoms with Gasteiger partial charge in [-0.25, -0.2) is 9.97 Å². The van der Waals surface area contributed by atoms with E-state index in [1.807, 2.05) is 42.1 Å². The number of pyridine rings is 1. The monoisotopic (exact) mass is 437 g/mol. The summed E-state index contributed by atoms with van der Waals surface area (Å²) in [6.07, 6.45) is 1.86. The van der Waals surface area contributed by atoms with Crippen molar-refractivity contribution in [2.75, 3.05) is 12.4 Å². The Kier molecular flexibility index (Phi) is 5.13. The van der Waals surface area contributed by atoms with Crippen LogP contribution in [0.3, 0.4) is 0 Å². The van der Waals surface area contributed by atoms with E-state index in [1.54, 1.807) is 19.2 Å². The summed E-state index contributed by atoms with van der Waals surface area (Å²) >= 11 is 1.47. The highest BCUT2D eigenvalue weighted by Gasteiger charge is 2.27. The number of aromatic nitrogens is 4. The van der Waals surface area contributed by atoms with E-state index in [9.17, 15) is 4.39 Å². The van der Waals surface area contributed by atoms with E-state index in [4.69, 9.17) is 19.6 Å². The second kappa shape index (κ2) is 8.09. The average molecular weight is 438 g/mol. The second-order valence-electron chi connectivity index (χ2n) is 7.19. The van der Waals surface area contributed by atoms with Gasteiger partial charge >= 0.3 is 0 Å². The topological polar surface area (TPSA) is 74.1 Å². The molecule has 0 bridgehead atoms.